The summed E-state index contributed by atoms with van der Waals surface area (Å²) in [4.78, 5) is 31.2. The number of nitrogens with zero attached hydrogens (tertiary/aromatic N) is 2. The van der Waals surface area contributed by atoms with E-state index in [-0.39, 0.29) is 18.4 Å². The van der Waals surface area contributed by atoms with Crippen LogP contribution in [0.2, 0.25) is 0 Å². The molecule has 1 aliphatic rings. The van der Waals surface area contributed by atoms with E-state index in [0.717, 1.165) is 31.4 Å². The van der Waals surface area contributed by atoms with Gasteiger partial charge in [-0.1, -0.05) is 12.1 Å². The predicted octanol–water partition coefficient (Wildman–Crippen LogP) is 0.263. The first-order chi connectivity index (χ1) is 12.0. The Kier molecular flexibility index (Phi) is 5.65. The van der Waals surface area contributed by atoms with Crippen molar-refractivity contribution in [1.82, 2.24) is 15.2 Å². The number of carbonyl (C=O) groups is 2. The van der Waals surface area contributed by atoms with Gasteiger partial charge < -0.3 is 15.1 Å². The molecule has 0 aliphatic carbocycles. The maximum absolute atomic E-state index is 12.1. The van der Waals surface area contributed by atoms with Gasteiger partial charge in [-0.2, -0.15) is 0 Å². The standard InChI is InChI=1S/C18H24N4O2S/c1-21(2)17(24)10-19-16(23)12-22-9-5-6-13(11-22)18-20-14-7-3-4-8-15(14)25-18/h3-4,7-8,13H,5-6,9-12H2,1-2H3,(H,19,23)/p+1/t13-/m0/s1. The highest BCUT2D eigenvalue weighted by molar-refractivity contribution is 7.18. The number of fused-ring (bicyclic) bond motifs is 1. The Morgan fingerprint density at radius 1 is 1.36 bits per heavy atom. The third-order valence-electron chi connectivity index (χ3n) is 4.62. The number of hydrogen-bond donors (Lipinski definition) is 2. The molecule has 6 nitrogen and oxygen atoms in total. The van der Waals surface area contributed by atoms with Crippen molar-refractivity contribution >= 4 is 33.4 Å². The predicted molar refractivity (Wildman–Crippen MR) is 98.9 cm³/mol. The Balaban J connectivity index is 1.55. The Morgan fingerprint density at radius 3 is 2.92 bits per heavy atom. The van der Waals surface area contributed by atoms with Gasteiger partial charge in [-0.05, 0) is 25.0 Å². The van der Waals surface area contributed by atoms with Crippen molar-refractivity contribution in [3.8, 4) is 0 Å². The number of para-hydroxylation sites is 1. The fourth-order valence-corrected chi connectivity index (χ4v) is 4.31. The number of piperidine rings is 1. The first kappa shape index (κ1) is 17.8. The van der Waals surface area contributed by atoms with E-state index in [1.54, 1.807) is 25.4 Å². The molecule has 25 heavy (non-hydrogen) atoms. The summed E-state index contributed by atoms with van der Waals surface area (Å²) < 4.78 is 1.23. The molecule has 2 N–H and O–H groups in total. The molecule has 1 aliphatic heterocycles. The molecule has 0 radical (unpaired) electrons. The van der Waals surface area contributed by atoms with Crippen molar-refractivity contribution in [3.63, 3.8) is 0 Å². The molecule has 1 fully saturated rings. The Bertz CT molecular complexity index is 725. The number of amides is 2. The molecule has 7 heteroatoms. The van der Waals surface area contributed by atoms with Crippen molar-refractivity contribution in [2.45, 2.75) is 18.8 Å². The third kappa shape index (κ3) is 4.55. The molecule has 0 spiro atoms. The monoisotopic (exact) mass is 361 g/mol. The summed E-state index contributed by atoms with van der Waals surface area (Å²) in [7, 11) is 3.37. The maximum Gasteiger partial charge on any atom is 0.275 e. The van der Waals surface area contributed by atoms with Gasteiger partial charge in [-0.25, -0.2) is 4.98 Å². The van der Waals surface area contributed by atoms with E-state index in [1.165, 1.54) is 19.5 Å². The smallest absolute Gasteiger partial charge is 0.275 e. The van der Waals surface area contributed by atoms with E-state index in [2.05, 4.69) is 17.4 Å². The highest BCUT2D eigenvalue weighted by atomic mass is 32.1. The van der Waals surface area contributed by atoms with E-state index in [1.807, 2.05) is 12.1 Å². The largest absolute Gasteiger partial charge is 0.347 e. The zero-order valence-corrected chi connectivity index (χ0v) is 15.6. The van der Waals surface area contributed by atoms with Crippen molar-refractivity contribution in [1.29, 1.82) is 0 Å². The van der Waals surface area contributed by atoms with Gasteiger partial charge in [0.25, 0.3) is 5.91 Å². The lowest BCUT2D eigenvalue weighted by Gasteiger charge is -2.28. The summed E-state index contributed by atoms with van der Waals surface area (Å²) >= 11 is 1.77. The third-order valence-corrected chi connectivity index (χ3v) is 5.82. The van der Waals surface area contributed by atoms with Crippen LogP contribution in [0.4, 0.5) is 0 Å². The number of hydrogen-bond acceptors (Lipinski definition) is 4. The van der Waals surface area contributed by atoms with Crippen LogP contribution in [0.15, 0.2) is 24.3 Å². The van der Waals surface area contributed by atoms with Crippen LogP contribution in [0.5, 0.6) is 0 Å². The lowest BCUT2D eigenvalue weighted by molar-refractivity contribution is -0.898. The molecule has 2 atom stereocenters. The molecular formula is C18H25N4O2S+. The van der Waals surface area contributed by atoms with E-state index in [0.29, 0.717) is 12.5 Å². The first-order valence-corrected chi connectivity index (χ1v) is 9.50. The molecule has 0 saturated carbocycles. The van der Waals surface area contributed by atoms with Gasteiger partial charge in [-0.3, -0.25) is 9.59 Å². The molecule has 2 amide bonds. The molecule has 3 rings (SSSR count). The molecule has 2 heterocycles. The molecule has 1 saturated heterocycles. The summed E-state index contributed by atoms with van der Waals surface area (Å²) in [6, 6.07) is 8.23. The number of thiazole rings is 1. The number of carbonyl (C=O) groups excluding carboxylic acids is 2. The minimum absolute atomic E-state index is 0.0600. The lowest BCUT2D eigenvalue weighted by atomic mass is 9.99. The molecule has 1 aromatic heterocycles. The van der Waals surface area contributed by atoms with Crippen molar-refractivity contribution in [2.75, 3.05) is 40.3 Å². The van der Waals surface area contributed by atoms with Crippen molar-refractivity contribution in [2.24, 2.45) is 0 Å². The lowest BCUT2D eigenvalue weighted by Crippen LogP contribution is -3.14. The first-order valence-electron chi connectivity index (χ1n) is 8.69. The van der Waals surface area contributed by atoms with Gasteiger partial charge in [-0.15, -0.1) is 11.3 Å². The minimum Gasteiger partial charge on any atom is -0.347 e. The van der Waals surface area contributed by atoms with Crippen LogP contribution >= 0.6 is 11.3 Å². The summed E-state index contributed by atoms with van der Waals surface area (Å²) in [5.41, 5.74) is 1.06. The average Bonchev–Trinajstić information content (AvgIpc) is 3.04. The number of nitrogens with one attached hydrogen (secondary N) is 2. The van der Waals surface area contributed by atoms with Gasteiger partial charge in [0, 0.05) is 14.1 Å². The molecule has 2 aromatic rings. The number of aromatic nitrogens is 1. The van der Waals surface area contributed by atoms with E-state index >= 15 is 0 Å². The zero-order valence-electron chi connectivity index (χ0n) is 14.7. The highest BCUT2D eigenvalue weighted by Crippen LogP contribution is 2.30. The van der Waals surface area contributed by atoms with Crippen LogP contribution in [-0.4, -0.2) is 62.0 Å². The highest BCUT2D eigenvalue weighted by Gasteiger charge is 2.28. The van der Waals surface area contributed by atoms with E-state index in [4.69, 9.17) is 4.98 Å². The van der Waals surface area contributed by atoms with Crippen molar-refractivity contribution in [3.05, 3.63) is 29.3 Å². The topological polar surface area (TPSA) is 66.7 Å². The maximum atomic E-state index is 12.1. The molecule has 0 bridgehead atoms. The Hall–Kier alpha value is -1.99. The van der Waals surface area contributed by atoms with Crippen LogP contribution in [0.25, 0.3) is 10.2 Å². The molecule has 1 aromatic carbocycles. The van der Waals surface area contributed by atoms with E-state index in [9.17, 15) is 9.59 Å². The number of benzene rings is 1. The second-order valence-electron chi connectivity index (χ2n) is 6.80. The fraction of sp³-hybridized carbons (Fsp3) is 0.500. The van der Waals surface area contributed by atoms with Crippen LogP contribution in [0.3, 0.4) is 0 Å². The SMILES string of the molecule is CN(C)C(=O)CNC(=O)C[NH+]1CCC[C@H](c2nc3ccccc3s2)C1. The number of rotatable bonds is 5. The van der Waals surface area contributed by atoms with Gasteiger partial charge in [0.05, 0.1) is 35.8 Å². The van der Waals surface area contributed by atoms with Gasteiger partial charge in [0.1, 0.15) is 5.01 Å². The summed E-state index contributed by atoms with van der Waals surface area (Å²) in [5.74, 6) is 0.266. The quantitative estimate of drug-likeness (QED) is 0.803. The second kappa shape index (κ2) is 7.93. The normalized spacial score (nSPS) is 20.4. The van der Waals surface area contributed by atoms with Gasteiger partial charge >= 0.3 is 0 Å². The fourth-order valence-electron chi connectivity index (χ4n) is 3.21. The Morgan fingerprint density at radius 2 is 2.16 bits per heavy atom. The number of likely N-dealkylation sites (N-methyl/N-ethyl adjacent to an activating group) is 1. The minimum atomic E-state index is -0.0886. The van der Waals surface area contributed by atoms with Gasteiger partial charge in [0.15, 0.2) is 6.54 Å². The zero-order chi connectivity index (χ0) is 17.8. The number of quaternary nitrogens is 1. The van der Waals surface area contributed by atoms with Crippen LogP contribution in [0, 0.1) is 0 Å². The second-order valence-corrected chi connectivity index (χ2v) is 7.87. The van der Waals surface area contributed by atoms with Crippen LogP contribution < -0.4 is 10.2 Å². The summed E-state index contributed by atoms with van der Waals surface area (Å²) in [6.07, 6.45) is 2.23. The number of likely N-dealkylation sites (tertiary alicyclic amines) is 1. The molecular weight excluding hydrogens is 336 g/mol. The average molecular weight is 361 g/mol. The van der Waals surface area contributed by atoms with E-state index < -0.39 is 0 Å². The van der Waals surface area contributed by atoms with Gasteiger partial charge in [0.2, 0.25) is 5.91 Å². The van der Waals surface area contributed by atoms with Crippen LogP contribution in [0.1, 0.15) is 23.8 Å². The van der Waals surface area contributed by atoms with Crippen molar-refractivity contribution < 1.29 is 14.5 Å². The summed E-state index contributed by atoms with van der Waals surface area (Å²) in [5, 5.41) is 3.91. The molecule has 1 unspecified atom stereocenters. The van der Waals surface area contributed by atoms with Crippen LogP contribution in [-0.2, 0) is 9.59 Å². The summed E-state index contributed by atoms with van der Waals surface area (Å²) in [6.45, 7) is 2.41. The Labute approximate surface area is 151 Å². The molecule has 134 valence electrons.